The lowest BCUT2D eigenvalue weighted by Crippen LogP contribution is -2.19. The Morgan fingerprint density at radius 2 is 0.356 bits per heavy atom. The Morgan fingerprint density at radius 3 is 0.517 bits per heavy atom. The molecule has 0 aliphatic heterocycles. The lowest BCUT2D eigenvalue weighted by Gasteiger charge is -2.26. The molecule has 0 saturated heterocycles. The van der Waals surface area contributed by atoms with Crippen LogP contribution in [0, 0.1) is 0 Å². The number of para-hydroxylation sites is 4. The van der Waals surface area contributed by atoms with Crippen molar-refractivity contribution in [3.63, 3.8) is 0 Å². The molecule has 0 aliphatic rings. The van der Waals surface area contributed by atoms with Gasteiger partial charge in [0, 0.05) is 16.2 Å². The van der Waals surface area contributed by atoms with E-state index < -0.39 is 24.6 Å². The smallest absolute Gasteiger partial charge is 0.508 e. The van der Waals surface area contributed by atoms with Crippen molar-refractivity contribution in [3.8, 4) is 57.5 Å². The molecule has 0 aromatic heterocycles. The van der Waals surface area contributed by atoms with Gasteiger partial charge in [0.15, 0.2) is 0 Å². The van der Waals surface area contributed by atoms with E-state index in [2.05, 4.69) is 41.5 Å². The topological polar surface area (TPSA) is 183 Å². The zero-order chi connectivity index (χ0) is 61.8. The van der Waals surface area contributed by atoms with E-state index in [0.29, 0.717) is 46.0 Å². The summed E-state index contributed by atoms with van der Waals surface area (Å²) in [6, 6.07) is 78.4. The molecule has 10 aromatic carbocycles. The van der Waals surface area contributed by atoms with Crippen LogP contribution >= 0.6 is 0 Å². The second-order valence-corrected chi connectivity index (χ2v) is 21.1. The Morgan fingerprint density at radius 1 is 0.218 bits per heavy atom. The second-order valence-electron chi connectivity index (χ2n) is 21.1. The molecule has 87 heavy (non-hydrogen) atoms. The molecule has 14 heteroatoms. The van der Waals surface area contributed by atoms with Crippen molar-refractivity contribution >= 4 is 24.6 Å². The number of carbonyl (C=O) groups is 4. The molecule has 0 saturated carbocycles. The fourth-order valence-corrected chi connectivity index (χ4v) is 8.82. The van der Waals surface area contributed by atoms with E-state index >= 15 is 0 Å². The van der Waals surface area contributed by atoms with Crippen LogP contribution in [0.4, 0.5) is 19.2 Å². The van der Waals surface area contributed by atoms with Crippen LogP contribution in [0.25, 0.3) is 0 Å². The number of hydrogen-bond acceptors (Lipinski definition) is 14. The highest BCUT2D eigenvalue weighted by Gasteiger charge is 2.26. The van der Waals surface area contributed by atoms with Crippen LogP contribution < -0.4 is 37.9 Å². The highest BCUT2D eigenvalue weighted by atomic mass is 16.7. The van der Waals surface area contributed by atoms with E-state index in [1.165, 1.54) is 0 Å². The highest BCUT2D eigenvalue weighted by Crippen LogP contribution is 2.36. The first kappa shape index (κ1) is 61.9. The maximum Gasteiger partial charge on any atom is 0.519 e. The number of rotatable bonds is 14. The number of carbonyl (C=O) groups excluding carboxylic acids is 4. The van der Waals surface area contributed by atoms with Gasteiger partial charge in [0.05, 0.1) is 0 Å². The van der Waals surface area contributed by atoms with Gasteiger partial charge in [-0.3, -0.25) is 0 Å². The Labute approximate surface area is 505 Å². The minimum Gasteiger partial charge on any atom is -0.508 e. The van der Waals surface area contributed by atoms with Gasteiger partial charge >= 0.3 is 24.6 Å². The predicted octanol–water partition coefficient (Wildman–Crippen LogP) is 17.8. The van der Waals surface area contributed by atoms with Crippen LogP contribution in [0.2, 0.25) is 0 Å². The summed E-state index contributed by atoms with van der Waals surface area (Å²) in [4.78, 5) is 47.7. The predicted molar refractivity (Wildman–Crippen MR) is 331 cm³/mol. The minimum atomic E-state index is -0.801. The molecule has 0 bridgehead atoms. The summed E-state index contributed by atoms with van der Waals surface area (Å²) in [5.74, 6) is 3.76. The zero-order valence-corrected chi connectivity index (χ0v) is 48.7. The summed E-state index contributed by atoms with van der Waals surface area (Å²) in [5.41, 5.74) is 5.44. The van der Waals surface area contributed by atoms with Crippen molar-refractivity contribution in [2.45, 2.75) is 57.8 Å². The highest BCUT2D eigenvalue weighted by molar-refractivity contribution is 5.69. The number of phenolic OH excluding ortho intramolecular Hbond substituents is 2. The third-order valence-electron chi connectivity index (χ3n) is 14.1. The van der Waals surface area contributed by atoms with Gasteiger partial charge in [-0.25, -0.2) is 19.2 Å². The molecule has 0 heterocycles. The van der Waals surface area contributed by atoms with Crippen molar-refractivity contribution in [2.24, 2.45) is 0 Å². The van der Waals surface area contributed by atoms with E-state index in [1.807, 2.05) is 97.1 Å². The average molecular weight is 1170 g/mol. The van der Waals surface area contributed by atoms with Crippen LogP contribution in [0.1, 0.15) is 74.9 Å². The zero-order valence-electron chi connectivity index (χ0n) is 48.7. The molecule has 0 unspecified atom stereocenters. The van der Waals surface area contributed by atoms with Gasteiger partial charge in [-0.05, 0) is 155 Å². The number of aromatic hydroxyl groups is 2. The molecule has 0 amide bonds. The fraction of sp³-hybridized carbons (Fsp3) is 0.123. The van der Waals surface area contributed by atoms with Gasteiger partial charge in [-0.1, -0.05) is 187 Å². The molecule has 14 nitrogen and oxygen atoms in total. The van der Waals surface area contributed by atoms with Gasteiger partial charge in [0.2, 0.25) is 0 Å². The van der Waals surface area contributed by atoms with Crippen molar-refractivity contribution < 1.29 is 67.3 Å². The largest absolute Gasteiger partial charge is 0.519 e. The SMILES string of the molecule is CC(C)(c1ccc(O)cc1)c1ccc(OC(=O)Oc2ccccc2)cc1.CC(C)(c1ccc(O)cc1)c1ccc(OC(=O)Oc2ccccc2)cc1.CC(C)(c1ccc(OC(=O)Oc2ccccc2)cc1)c1ccc(OC(=O)Oc2ccccc2)cc1. The lowest BCUT2D eigenvalue weighted by molar-refractivity contribution is 0.150. The first-order chi connectivity index (χ1) is 41.8. The molecule has 0 atom stereocenters. The minimum absolute atomic E-state index is 0.241. The molecule has 2 N–H and O–H groups in total. The van der Waals surface area contributed by atoms with Gasteiger partial charge in [0.25, 0.3) is 0 Å². The van der Waals surface area contributed by atoms with Crippen LogP contribution in [0.5, 0.6) is 57.5 Å². The standard InChI is InChI=1S/C29H24O6.2C22H20O4/c1-29(2,21-13-17-25(18-14-21)34-27(30)32-23-9-5-3-6-10-23)22-15-19-26(20-16-22)35-28(31)33-24-11-7-4-8-12-24;2*1-22(2,16-8-12-18(23)13-9-16)17-10-14-20(15-11-17)26-21(24)25-19-6-4-3-5-7-19/h3-20H,1-2H3;2*3-15,23H,1-2H3. The van der Waals surface area contributed by atoms with Crippen molar-refractivity contribution in [2.75, 3.05) is 0 Å². The Balaban J connectivity index is 0.000000172. The maximum atomic E-state index is 12.0. The molecule has 440 valence electrons. The molecule has 0 radical (unpaired) electrons. The van der Waals surface area contributed by atoms with Gasteiger partial charge in [0.1, 0.15) is 57.5 Å². The van der Waals surface area contributed by atoms with Crippen LogP contribution in [0.3, 0.4) is 0 Å². The lowest BCUT2D eigenvalue weighted by atomic mass is 9.78. The van der Waals surface area contributed by atoms with Gasteiger partial charge in [-0.15, -0.1) is 0 Å². The summed E-state index contributed by atoms with van der Waals surface area (Å²) in [6.07, 6.45) is -3.15. The van der Waals surface area contributed by atoms with E-state index in [4.69, 9.17) is 37.9 Å². The average Bonchev–Trinajstić information content (AvgIpc) is 2.25. The maximum absolute atomic E-state index is 12.0. The van der Waals surface area contributed by atoms with Crippen molar-refractivity contribution in [3.05, 3.63) is 300 Å². The quantitative estimate of drug-likeness (QED) is 0.0774. The molecule has 0 fully saturated rings. The van der Waals surface area contributed by atoms with Gasteiger partial charge < -0.3 is 48.1 Å². The van der Waals surface area contributed by atoms with E-state index in [9.17, 15) is 29.4 Å². The van der Waals surface area contributed by atoms with Crippen molar-refractivity contribution in [1.29, 1.82) is 0 Å². The van der Waals surface area contributed by atoms with Crippen LogP contribution in [-0.2, 0) is 16.2 Å². The van der Waals surface area contributed by atoms with Crippen LogP contribution in [0.15, 0.2) is 267 Å². The van der Waals surface area contributed by atoms with E-state index in [0.717, 1.165) is 33.4 Å². The summed E-state index contributed by atoms with van der Waals surface area (Å²) < 4.78 is 41.5. The normalized spacial score (nSPS) is 10.9. The summed E-state index contributed by atoms with van der Waals surface area (Å²) in [6.45, 7) is 12.5. The molecule has 10 aromatic rings. The second kappa shape index (κ2) is 28.9. The number of hydrogen-bond donors (Lipinski definition) is 2. The van der Waals surface area contributed by atoms with Crippen LogP contribution in [-0.4, -0.2) is 34.8 Å². The Kier molecular flexibility index (Phi) is 20.6. The summed E-state index contributed by atoms with van der Waals surface area (Å²) in [7, 11) is 0. The number of ether oxygens (including phenoxy) is 8. The monoisotopic (exact) mass is 1160 g/mol. The molecular weight excluding hydrogens is 1100 g/mol. The van der Waals surface area contributed by atoms with Crippen molar-refractivity contribution in [1.82, 2.24) is 0 Å². The van der Waals surface area contributed by atoms with Gasteiger partial charge in [-0.2, -0.15) is 0 Å². The molecule has 0 spiro atoms. The molecular formula is C73H64O14. The fourth-order valence-electron chi connectivity index (χ4n) is 8.82. The molecule has 10 rings (SSSR count). The summed E-state index contributed by atoms with van der Waals surface area (Å²) >= 11 is 0. The van der Waals surface area contributed by atoms with E-state index in [1.54, 1.807) is 170 Å². The Hall–Kier alpha value is -11.1. The first-order valence-electron chi connectivity index (χ1n) is 27.6. The Bertz CT molecular complexity index is 3550. The molecule has 0 aliphatic carbocycles. The third-order valence-corrected chi connectivity index (χ3v) is 14.1. The first-order valence-corrected chi connectivity index (χ1v) is 27.6. The third kappa shape index (κ3) is 17.9. The number of benzene rings is 10. The summed E-state index contributed by atoms with van der Waals surface area (Å²) in [5, 5.41) is 18.9. The van der Waals surface area contributed by atoms with E-state index in [-0.39, 0.29) is 27.7 Å². The number of phenols is 2.